The summed E-state index contributed by atoms with van der Waals surface area (Å²) >= 11 is 6.78. The van der Waals surface area contributed by atoms with Gasteiger partial charge in [0.1, 0.15) is 42.6 Å². The van der Waals surface area contributed by atoms with Crippen LogP contribution >= 0.6 is 11.6 Å². The number of aromatic nitrogens is 1. The van der Waals surface area contributed by atoms with E-state index in [1.165, 1.54) is 6.20 Å². The van der Waals surface area contributed by atoms with Crippen LogP contribution in [0.3, 0.4) is 0 Å². The summed E-state index contributed by atoms with van der Waals surface area (Å²) < 4.78 is 18.6. The zero-order chi connectivity index (χ0) is 39.2. The van der Waals surface area contributed by atoms with Crippen molar-refractivity contribution in [2.75, 3.05) is 32.8 Å². The van der Waals surface area contributed by atoms with Gasteiger partial charge in [-0.1, -0.05) is 41.9 Å². The van der Waals surface area contributed by atoms with Crippen LogP contribution in [0.25, 0.3) is 11.1 Å². The number of aliphatic hydroxyl groups excluding tert-OH is 1. The maximum Gasteiger partial charge on any atom is 0.320 e. The Morgan fingerprint density at radius 1 is 1.09 bits per heavy atom. The molecule has 1 fully saturated rings. The predicted octanol–water partition coefficient (Wildman–Crippen LogP) is 5.38. The van der Waals surface area contributed by atoms with Crippen LogP contribution < -0.4 is 30.6 Å². The molecule has 0 spiro atoms. The van der Waals surface area contributed by atoms with Crippen LogP contribution in [0.5, 0.6) is 17.2 Å². The third-order valence-electron chi connectivity index (χ3n) is 9.36. The van der Waals surface area contributed by atoms with E-state index in [0.29, 0.717) is 59.2 Å². The van der Waals surface area contributed by atoms with Gasteiger partial charge in [-0.05, 0) is 79.1 Å². The summed E-state index contributed by atoms with van der Waals surface area (Å²) in [6.45, 7) is 6.03. The number of hydrogen-bond acceptors (Lipinski definition) is 10. The molecule has 3 aromatic carbocycles. The van der Waals surface area contributed by atoms with Crippen molar-refractivity contribution in [1.82, 2.24) is 20.5 Å². The van der Waals surface area contributed by atoms with E-state index in [-0.39, 0.29) is 31.8 Å². The van der Waals surface area contributed by atoms with Crippen molar-refractivity contribution in [3.63, 3.8) is 0 Å². The molecule has 4 aromatic rings. The molecule has 0 aliphatic carbocycles. The number of nitrogens with two attached hydrogens (primary N) is 1. The second-order valence-electron chi connectivity index (χ2n) is 13.5. The Balaban J connectivity index is 1.28. The lowest BCUT2D eigenvalue weighted by Gasteiger charge is -2.19. The number of rotatable bonds is 20. The van der Waals surface area contributed by atoms with Gasteiger partial charge in [0.25, 0.3) is 0 Å². The van der Waals surface area contributed by atoms with Crippen molar-refractivity contribution in [2.24, 2.45) is 5.73 Å². The van der Waals surface area contributed by atoms with E-state index in [1.54, 1.807) is 24.4 Å². The van der Waals surface area contributed by atoms with Crippen molar-refractivity contribution in [2.45, 2.75) is 64.5 Å². The van der Waals surface area contributed by atoms with Crippen LogP contribution in [0.15, 0.2) is 73.1 Å². The van der Waals surface area contributed by atoms with Crippen LogP contribution in [0.1, 0.15) is 53.5 Å². The van der Waals surface area contributed by atoms with Gasteiger partial charge in [0.05, 0.1) is 23.3 Å². The van der Waals surface area contributed by atoms with Crippen LogP contribution in [-0.4, -0.2) is 77.0 Å². The lowest BCUT2D eigenvalue weighted by molar-refractivity contribution is -0.139. The molecule has 14 heteroatoms. The topological polar surface area (TPSA) is 199 Å². The lowest BCUT2D eigenvalue weighted by Crippen LogP contribution is -2.37. The molecule has 0 saturated carbocycles. The Labute approximate surface area is 326 Å². The van der Waals surface area contributed by atoms with E-state index in [4.69, 9.17) is 37.0 Å². The Morgan fingerprint density at radius 3 is 2.67 bits per heavy atom. The van der Waals surface area contributed by atoms with Crippen LogP contribution in [0, 0.1) is 23.7 Å². The standard InChI is InChI=1S/C41H48ClN7O6/c1-27-31(7-3-9-35(27)30-6-2-8-34(17-30)53-15-5-13-49-14-11-33(50)24-49)26-55-39-19-38(54-25-29-16-28(20-43)21-46-22-29)32(18-36(39)42)23-48-37(40(51)52)10-4-12-47-41(44)45/h2-3,6-9,16-19,21-22,33,37,48,50H,4-5,10-15,23-26H2,1H3,(H,51,52)(H4,44,45,47). The minimum atomic E-state index is -1.01. The fraction of sp³-hybridized carbons (Fsp3) is 0.366. The van der Waals surface area contributed by atoms with Gasteiger partial charge in [-0.2, -0.15) is 5.26 Å². The molecule has 13 nitrogen and oxygen atoms in total. The number of nitriles is 1. The van der Waals surface area contributed by atoms with Crippen molar-refractivity contribution < 1.29 is 29.2 Å². The third-order valence-corrected chi connectivity index (χ3v) is 9.66. The summed E-state index contributed by atoms with van der Waals surface area (Å²) in [5.74, 6) is 0.428. The van der Waals surface area contributed by atoms with Gasteiger partial charge in [0.2, 0.25) is 0 Å². The van der Waals surface area contributed by atoms with E-state index >= 15 is 0 Å². The highest BCUT2D eigenvalue weighted by atomic mass is 35.5. The number of nitrogens with one attached hydrogen (secondary N) is 3. The van der Waals surface area contributed by atoms with Gasteiger partial charge in [-0.3, -0.25) is 15.2 Å². The molecule has 1 saturated heterocycles. The van der Waals surface area contributed by atoms with E-state index in [0.717, 1.165) is 60.5 Å². The molecule has 55 heavy (non-hydrogen) atoms. The summed E-state index contributed by atoms with van der Waals surface area (Å²) in [4.78, 5) is 18.4. The number of aliphatic hydroxyl groups is 1. The minimum Gasteiger partial charge on any atom is -0.494 e. The SMILES string of the molecule is Cc1c(COc2cc(OCc3cncc(C#N)c3)c(CNC(CCCNC(=N)N)C(=O)O)cc2Cl)cccc1-c1cccc(OCCCN2CCC(O)C2)c1. The number of aliphatic carboxylic acids is 1. The van der Waals surface area contributed by atoms with E-state index in [9.17, 15) is 20.3 Å². The number of pyridine rings is 1. The number of hydrogen-bond donors (Lipinski definition) is 6. The second-order valence-corrected chi connectivity index (χ2v) is 13.9. The molecule has 1 aromatic heterocycles. The molecule has 2 unspecified atom stereocenters. The highest BCUT2D eigenvalue weighted by Crippen LogP contribution is 2.35. The number of β-amino-alcohol motifs (C(OH)–C–C–N with tert-alkyl or cyclic N) is 1. The maximum atomic E-state index is 12.0. The zero-order valence-corrected chi connectivity index (χ0v) is 31.6. The summed E-state index contributed by atoms with van der Waals surface area (Å²) in [5.41, 5.74) is 11.1. The Kier molecular flexibility index (Phi) is 15.1. The van der Waals surface area contributed by atoms with E-state index in [1.807, 2.05) is 30.3 Å². The van der Waals surface area contributed by atoms with Crippen LogP contribution in [-0.2, 0) is 24.6 Å². The number of likely N-dealkylation sites (tertiary alicyclic amines) is 1. The van der Waals surface area contributed by atoms with Crippen LogP contribution in [0.2, 0.25) is 5.02 Å². The Hall–Kier alpha value is -5.39. The summed E-state index contributed by atoms with van der Waals surface area (Å²) in [6, 6.07) is 20.4. The average molecular weight is 770 g/mol. The quantitative estimate of drug-likeness (QED) is 0.0382. The molecule has 0 bridgehead atoms. The van der Waals surface area contributed by atoms with Gasteiger partial charge in [-0.25, -0.2) is 0 Å². The number of ether oxygens (including phenoxy) is 3. The monoisotopic (exact) mass is 769 g/mol. The first kappa shape index (κ1) is 40.8. The van der Waals surface area contributed by atoms with Gasteiger partial charge in [0.15, 0.2) is 5.96 Å². The number of halogens is 1. The number of guanidine groups is 1. The molecule has 2 heterocycles. The molecule has 290 valence electrons. The van der Waals surface area contributed by atoms with E-state index in [2.05, 4.69) is 45.6 Å². The second kappa shape index (κ2) is 20.3. The van der Waals surface area contributed by atoms with Crippen LogP contribution in [0.4, 0.5) is 0 Å². The summed E-state index contributed by atoms with van der Waals surface area (Å²) in [6.07, 6.45) is 5.35. The Bertz CT molecular complexity index is 1970. The fourth-order valence-corrected chi connectivity index (χ4v) is 6.62. The molecule has 5 rings (SSSR count). The Morgan fingerprint density at radius 2 is 1.91 bits per heavy atom. The van der Waals surface area contributed by atoms with Crippen molar-refractivity contribution in [3.8, 4) is 34.4 Å². The molecule has 7 N–H and O–H groups in total. The molecular weight excluding hydrogens is 722 g/mol. The molecule has 1 aliphatic rings. The van der Waals surface area contributed by atoms with E-state index < -0.39 is 12.0 Å². The largest absolute Gasteiger partial charge is 0.494 e. The highest BCUT2D eigenvalue weighted by Gasteiger charge is 2.21. The molecule has 0 amide bonds. The smallest absolute Gasteiger partial charge is 0.320 e. The molecule has 0 radical (unpaired) electrons. The van der Waals surface area contributed by atoms with Crippen molar-refractivity contribution >= 4 is 23.5 Å². The summed E-state index contributed by atoms with van der Waals surface area (Å²) in [5, 5.41) is 42.3. The number of benzene rings is 3. The van der Waals surface area contributed by atoms with Gasteiger partial charge < -0.3 is 45.7 Å². The first-order valence-corrected chi connectivity index (χ1v) is 18.7. The van der Waals surface area contributed by atoms with Crippen molar-refractivity contribution in [3.05, 3.63) is 106 Å². The van der Waals surface area contributed by atoms with Gasteiger partial charge >= 0.3 is 5.97 Å². The number of carbonyl (C=O) groups is 1. The minimum absolute atomic E-state index is 0.0994. The number of nitrogens with zero attached hydrogens (tertiary/aromatic N) is 3. The fourth-order valence-electron chi connectivity index (χ4n) is 6.38. The predicted molar refractivity (Wildman–Crippen MR) is 210 cm³/mol. The average Bonchev–Trinajstić information content (AvgIpc) is 3.60. The summed E-state index contributed by atoms with van der Waals surface area (Å²) in [7, 11) is 0. The first-order valence-electron chi connectivity index (χ1n) is 18.3. The number of carboxylic acids is 1. The molecule has 2 atom stereocenters. The molecule has 1 aliphatic heterocycles. The third kappa shape index (κ3) is 12.3. The maximum absolute atomic E-state index is 12.0. The molecular formula is C41H48ClN7O6. The highest BCUT2D eigenvalue weighted by molar-refractivity contribution is 6.32. The zero-order valence-electron chi connectivity index (χ0n) is 30.9. The first-order chi connectivity index (χ1) is 26.6. The lowest BCUT2D eigenvalue weighted by atomic mass is 9.96. The van der Waals surface area contributed by atoms with Crippen molar-refractivity contribution in [1.29, 1.82) is 10.7 Å². The number of carboxylic acid groups (broad SMARTS) is 1. The van der Waals surface area contributed by atoms with Gasteiger partial charge in [-0.15, -0.1) is 0 Å². The van der Waals surface area contributed by atoms with Gasteiger partial charge in [0, 0.05) is 62.3 Å². The normalized spacial score (nSPS) is 14.5.